The Balaban J connectivity index is 1.80. The van der Waals surface area contributed by atoms with Crippen LogP contribution in [0.3, 0.4) is 0 Å². The molecule has 3 heterocycles. The topological polar surface area (TPSA) is 85.4 Å². The Morgan fingerprint density at radius 1 is 1.46 bits per heavy atom. The number of amides is 1. The molecule has 9 heteroatoms. The summed E-state index contributed by atoms with van der Waals surface area (Å²) in [6, 6.07) is 3.77. The minimum absolute atomic E-state index is 0.0598. The molecule has 0 spiro atoms. The Morgan fingerprint density at radius 3 is 2.96 bits per heavy atom. The van der Waals surface area contributed by atoms with E-state index in [-0.39, 0.29) is 11.2 Å². The molecule has 1 unspecified atom stereocenters. The minimum Gasteiger partial charge on any atom is -0.467 e. The normalized spacial score (nSPS) is 15.7. The lowest BCUT2D eigenvalue weighted by Crippen LogP contribution is -2.38. The molecule has 1 atom stereocenters. The molecule has 1 amide bonds. The van der Waals surface area contributed by atoms with Gasteiger partial charge in [-0.2, -0.15) is 0 Å². The fourth-order valence-electron chi connectivity index (χ4n) is 2.59. The zero-order valence-corrected chi connectivity index (χ0v) is 15.6. The first-order valence-electron chi connectivity index (χ1n) is 8.52. The van der Waals surface area contributed by atoms with Crippen LogP contribution in [-0.2, 0) is 16.1 Å². The van der Waals surface area contributed by atoms with Crippen LogP contribution in [-0.4, -0.2) is 58.8 Å². The number of nitrogens with one attached hydrogen (secondary N) is 1. The molecule has 0 aromatic carbocycles. The Hall–Kier alpha value is -2.26. The largest absolute Gasteiger partial charge is 0.467 e. The van der Waals surface area contributed by atoms with Gasteiger partial charge in [0.05, 0.1) is 31.3 Å². The Morgan fingerprint density at radius 2 is 2.27 bits per heavy atom. The molecule has 8 nitrogen and oxygen atoms in total. The Labute approximate surface area is 156 Å². The van der Waals surface area contributed by atoms with E-state index in [1.807, 2.05) is 23.6 Å². The first-order chi connectivity index (χ1) is 12.7. The summed E-state index contributed by atoms with van der Waals surface area (Å²) >= 11 is 1.38. The third kappa shape index (κ3) is 4.47. The molecule has 26 heavy (non-hydrogen) atoms. The molecule has 0 radical (unpaired) electrons. The van der Waals surface area contributed by atoms with Gasteiger partial charge in [0, 0.05) is 19.6 Å². The summed E-state index contributed by atoms with van der Waals surface area (Å²) in [7, 11) is 0. The van der Waals surface area contributed by atoms with Gasteiger partial charge in [-0.1, -0.05) is 17.8 Å². The van der Waals surface area contributed by atoms with Crippen molar-refractivity contribution in [3.8, 4) is 0 Å². The van der Waals surface area contributed by atoms with E-state index in [0.717, 1.165) is 24.8 Å². The van der Waals surface area contributed by atoms with Crippen LogP contribution in [0.4, 0.5) is 5.95 Å². The molecule has 1 saturated heterocycles. The van der Waals surface area contributed by atoms with Gasteiger partial charge in [0.15, 0.2) is 5.16 Å². The molecule has 140 valence electrons. The van der Waals surface area contributed by atoms with Crippen LogP contribution in [0.2, 0.25) is 0 Å². The first-order valence-corrected chi connectivity index (χ1v) is 9.40. The zero-order chi connectivity index (χ0) is 18.4. The number of carbonyl (C=O) groups excluding carboxylic acids is 1. The number of rotatable bonds is 8. The van der Waals surface area contributed by atoms with E-state index in [4.69, 9.17) is 9.15 Å². The molecule has 0 saturated carbocycles. The maximum atomic E-state index is 12.2. The molecule has 3 rings (SSSR count). The monoisotopic (exact) mass is 377 g/mol. The summed E-state index contributed by atoms with van der Waals surface area (Å²) in [5.74, 6) is 1.52. The van der Waals surface area contributed by atoms with Gasteiger partial charge < -0.3 is 19.4 Å². The van der Waals surface area contributed by atoms with Gasteiger partial charge in [0.2, 0.25) is 11.9 Å². The number of anilines is 1. The predicted molar refractivity (Wildman–Crippen MR) is 99.4 cm³/mol. The zero-order valence-electron chi connectivity index (χ0n) is 14.8. The highest BCUT2D eigenvalue weighted by atomic mass is 32.2. The quantitative estimate of drug-likeness (QED) is 0.552. The number of ether oxygens (including phenoxy) is 1. The number of hydrogen-bond acceptors (Lipinski definition) is 7. The standard InChI is InChI=1S/C17H23N5O3S/c1-3-6-18-15(23)13(2)26-17-20-19-16(21-7-10-24-11-8-21)22(17)12-14-5-4-9-25-14/h3-5,9,13H,1,6-8,10-12H2,2H3,(H,18,23). The van der Waals surface area contributed by atoms with Gasteiger partial charge in [0.25, 0.3) is 0 Å². The number of thioether (sulfide) groups is 1. The maximum absolute atomic E-state index is 12.2. The molecule has 2 aromatic rings. The van der Waals surface area contributed by atoms with Crippen molar-refractivity contribution in [1.29, 1.82) is 0 Å². The molecule has 1 N–H and O–H groups in total. The van der Waals surface area contributed by atoms with Crippen LogP contribution in [0.15, 0.2) is 40.6 Å². The molecule has 2 aromatic heterocycles. The Bertz CT molecular complexity index is 725. The van der Waals surface area contributed by atoms with Crippen LogP contribution < -0.4 is 10.2 Å². The van der Waals surface area contributed by atoms with E-state index in [9.17, 15) is 4.79 Å². The van der Waals surface area contributed by atoms with Crippen molar-refractivity contribution in [2.45, 2.75) is 23.9 Å². The van der Waals surface area contributed by atoms with Gasteiger partial charge in [-0.25, -0.2) is 0 Å². The maximum Gasteiger partial charge on any atom is 0.233 e. The summed E-state index contributed by atoms with van der Waals surface area (Å²) in [6.07, 6.45) is 3.30. The van der Waals surface area contributed by atoms with Crippen molar-refractivity contribution in [3.05, 3.63) is 36.8 Å². The highest BCUT2D eigenvalue weighted by Gasteiger charge is 2.24. The van der Waals surface area contributed by atoms with Gasteiger partial charge in [-0.15, -0.1) is 16.8 Å². The average molecular weight is 377 g/mol. The fourth-order valence-corrected chi connectivity index (χ4v) is 3.46. The molecular weight excluding hydrogens is 354 g/mol. The van der Waals surface area contributed by atoms with E-state index >= 15 is 0 Å². The number of furan rings is 1. The highest BCUT2D eigenvalue weighted by Crippen LogP contribution is 2.27. The van der Waals surface area contributed by atoms with Crippen LogP contribution in [0.25, 0.3) is 0 Å². The highest BCUT2D eigenvalue weighted by molar-refractivity contribution is 8.00. The molecule has 0 bridgehead atoms. The summed E-state index contributed by atoms with van der Waals surface area (Å²) in [6.45, 7) is 9.27. The summed E-state index contributed by atoms with van der Waals surface area (Å²) in [5.41, 5.74) is 0. The second-order valence-electron chi connectivity index (χ2n) is 5.84. The SMILES string of the molecule is C=CCNC(=O)C(C)Sc1nnc(N2CCOCC2)n1Cc1ccco1. The van der Waals surface area contributed by atoms with Crippen LogP contribution >= 0.6 is 11.8 Å². The average Bonchev–Trinajstić information content (AvgIpc) is 3.31. The number of hydrogen-bond donors (Lipinski definition) is 1. The van der Waals surface area contributed by atoms with Gasteiger partial charge in [0.1, 0.15) is 5.76 Å². The smallest absolute Gasteiger partial charge is 0.233 e. The second-order valence-corrected chi connectivity index (χ2v) is 7.15. The van der Waals surface area contributed by atoms with Crippen LogP contribution in [0, 0.1) is 0 Å². The first kappa shape index (κ1) is 18.5. The van der Waals surface area contributed by atoms with Crippen molar-refractivity contribution in [2.75, 3.05) is 37.7 Å². The Kier molecular flexibility index (Phi) is 6.35. The molecule has 0 aliphatic carbocycles. The van der Waals surface area contributed by atoms with E-state index in [2.05, 4.69) is 27.0 Å². The van der Waals surface area contributed by atoms with Gasteiger partial charge >= 0.3 is 0 Å². The molecular formula is C17H23N5O3S. The van der Waals surface area contributed by atoms with Crippen molar-refractivity contribution in [3.63, 3.8) is 0 Å². The van der Waals surface area contributed by atoms with E-state index in [1.54, 1.807) is 12.3 Å². The lowest BCUT2D eigenvalue weighted by atomic mass is 10.4. The van der Waals surface area contributed by atoms with E-state index in [0.29, 0.717) is 31.5 Å². The third-order valence-corrected chi connectivity index (χ3v) is 5.04. The molecule has 1 fully saturated rings. The van der Waals surface area contributed by atoms with Crippen LogP contribution in [0.1, 0.15) is 12.7 Å². The number of nitrogens with zero attached hydrogens (tertiary/aromatic N) is 4. The van der Waals surface area contributed by atoms with Crippen molar-refractivity contribution < 1.29 is 13.9 Å². The lowest BCUT2D eigenvalue weighted by molar-refractivity contribution is -0.120. The van der Waals surface area contributed by atoms with E-state index in [1.165, 1.54) is 11.8 Å². The van der Waals surface area contributed by atoms with E-state index < -0.39 is 0 Å². The second kappa shape index (κ2) is 8.91. The number of aromatic nitrogens is 3. The third-order valence-electron chi connectivity index (χ3n) is 3.96. The molecule has 1 aliphatic rings. The summed E-state index contributed by atoms with van der Waals surface area (Å²) in [5, 5.41) is 11.9. The predicted octanol–water partition coefficient (Wildman–Crippen LogP) is 1.54. The van der Waals surface area contributed by atoms with Crippen molar-refractivity contribution in [1.82, 2.24) is 20.1 Å². The lowest BCUT2D eigenvalue weighted by Gasteiger charge is -2.27. The molecule has 1 aliphatic heterocycles. The van der Waals surface area contributed by atoms with Crippen LogP contribution in [0.5, 0.6) is 0 Å². The van der Waals surface area contributed by atoms with Crippen molar-refractivity contribution >= 4 is 23.6 Å². The van der Waals surface area contributed by atoms with Gasteiger partial charge in [-0.05, 0) is 19.1 Å². The fraction of sp³-hybridized carbons (Fsp3) is 0.471. The van der Waals surface area contributed by atoms with Crippen molar-refractivity contribution in [2.24, 2.45) is 0 Å². The number of morpholine rings is 1. The number of carbonyl (C=O) groups is 1. The summed E-state index contributed by atoms with van der Waals surface area (Å²) in [4.78, 5) is 14.3. The summed E-state index contributed by atoms with van der Waals surface area (Å²) < 4.78 is 12.9. The minimum atomic E-state index is -0.299. The van der Waals surface area contributed by atoms with Gasteiger partial charge in [-0.3, -0.25) is 9.36 Å².